The second-order valence-corrected chi connectivity index (χ2v) is 3.69. The molecule has 4 nitrogen and oxygen atoms in total. The first-order valence-electron chi connectivity index (χ1n) is 4.52. The highest BCUT2D eigenvalue weighted by Crippen LogP contribution is 2.20. The molecule has 0 aliphatic rings. The van der Waals surface area contributed by atoms with E-state index in [1.54, 1.807) is 19.1 Å². The molecule has 1 aromatic heterocycles. The molecule has 6 heteroatoms. The van der Waals surface area contributed by atoms with Crippen LogP contribution in [-0.2, 0) is 0 Å². The van der Waals surface area contributed by atoms with E-state index < -0.39 is 0 Å². The second-order valence-electron chi connectivity index (χ2n) is 3.25. The topological polar surface area (TPSA) is 64.9 Å². The molecule has 0 saturated carbocycles. The van der Waals surface area contributed by atoms with Gasteiger partial charge in [0.25, 0.3) is 5.89 Å². The molecule has 0 radical (unpaired) electrons. The Labute approximate surface area is 104 Å². The maximum absolute atomic E-state index is 5.77. The predicted octanol–water partition coefficient (Wildman–Crippen LogP) is 2.83. The van der Waals surface area contributed by atoms with Crippen LogP contribution in [-0.4, -0.2) is 10.1 Å². The largest absolute Gasteiger partial charge is 0.334 e. The van der Waals surface area contributed by atoms with Crippen molar-refractivity contribution in [1.29, 1.82) is 0 Å². The van der Waals surface area contributed by atoms with Crippen molar-refractivity contribution in [3.63, 3.8) is 0 Å². The van der Waals surface area contributed by atoms with Crippen molar-refractivity contribution in [2.24, 2.45) is 5.73 Å². The normalized spacial score (nSPS) is 11.9. The zero-order chi connectivity index (χ0) is 10.8. The molecule has 1 unspecified atom stereocenters. The maximum Gasteiger partial charge on any atom is 0.257 e. The van der Waals surface area contributed by atoms with Gasteiger partial charge < -0.3 is 10.3 Å². The third-order valence-corrected chi connectivity index (χ3v) is 2.19. The molecule has 0 aliphatic carbocycles. The van der Waals surface area contributed by atoms with Crippen molar-refractivity contribution in [3.05, 3.63) is 35.1 Å². The van der Waals surface area contributed by atoms with E-state index in [1.807, 2.05) is 12.1 Å². The summed E-state index contributed by atoms with van der Waals surface area (Å²) in [6.45, 7) is 1.80. The van der Waals surface area contributed by atoms with Crippen molar-refractivity contribution >= 4 is 24.0 Å². The monoisotopic (exact) mass is 259 g/mol. The highest BCUT2D eigenvalue weighted by molar-refractivity contribution is 6.30. The van der Waals surface area contributed by atoms with Gasteiger partial charge >= 0.3 is 0 Å². The summed E-state index contributed by atoms with van der Waals surface area (Å²) in [4.78, 5) is 4.16. The van der Waals surface area contributed by atoms with Crippen molar-refractivity contribution in [1.82, 2.24) is 10.1 Å². The molecule has 2 aromatic rings. The average molecular weight is 260 g/mol. The third kappa shape index (κ3) is 2.72. The Morgan fingerprint density at radius 2 is 1.94 bits per heavy atom. The Morgan fingerprint density at radius 3 is 2.44 bits per heavy atom. The average Bonchev–Trinajstić information content (AvgIpc) is 2.68. The van der Waals surface area contributed by atoms with Gasteiger partial charge in [0.1, 0.15) is 0 Å². The van der Waals surface area contributed by atoms with Crippen LogP contribution in [0.2, 0.25) is 5.02 Å². The number of hydrogen-bond acceptors (Lipinski definition) is 4. The van der Waals surface area contributed by atoms with Crippen molar-refractivity contribution < 1.29 is 4.52 Å². The van der Waals surface area contributed by atoms with E-state index in [0.717, 1.165) is 5.56 Å². The zero-order valence-corrected chi connectivity index (χ0v) is 10.1. The van der Waals surface area contributed by atoms with Gasteiger partial charge in [-0.25, -0.2) is 0 Å². The van der Waals surface area contributed by atoms with Crippen LogP contribution in [0.5, 0.6) is 0 Å². The standard InChI is InChI=1S/C10H10ClN3O.ClH/c1-6(12)9-13-10(15-14-9)7-2-4-8(11)5-3-7;/h2-6H,12H2,1H3;1H. The maximum atomic E-state index is 5.77. The molecular formula is C10H11Cl2N3O. The Balaban J connectivity index is 0.00000128. The molecule has 1 aromatic carbocycles. The van der Waals surface area contributed by atoms with E-state index in [4.69, 9.17) is 21.9 Å². The van der Waals surface area contributed by atoms with Gasteiger partial charge in [-0.2, -0.15) is 4.98 Å². The molecule has 0 aliphatic heterocycles. The van der Waals surface area contributed by atoms with E-state index in [0.29, 0.717) is 16.7 Å². The fourth-order valence-electron chi connectivity index (χ4n) is 1.13. The summed E-state index contributed by atoms with van der Waals surface area (Å²) in [5.74, 6) is 0.957. The molecule has 2 N–H and O–H groups in total. The van der Waals surface area contributed by atoms with Crippen LogP contribution < -0.4 is 5.73 Å². The summed E-state index contributed by atoms with van der Waals surface area (Å²) < 4.78 is 5.07. The van der Waals surface area contributed by atoms with Crippen LogP contribution in [0.15, 0.2) is 28.8 Å². The minimum Gasteiger partial charge on any atom is -0.334 e. The molecule has 1 atom stereocenters. The summed E-state index contributed by atoms with van der Waals surface area (Å²) in [5.41, 5.74) is 6.46. The first-order valence-corrected chi connectivity index (χ1v) is 4.90. The highest BCUT2D eigenvalue weighted by Gasteiger charge is 2.11. The molecule has 0 bridgehead atoms. The van der Waals surface area contributed by atoms with Crippen LogP contribution in [0.4, 0.5) is 0 Å². The van der Waals surface area contributed by atoms with Gasteiger partial charge in [0.2, 0.25) is 0 Å². The number of halogens is 2. The number of aromatic nitrogens is 2. The predicted molar refractivity (Wildman–Crippen MR) is 64.6 cm³/mol. The fraction of sp³-hybridized carbons (Fsp3) is 0.200. The number of nitrogens with two attached hydrogens (primary N) is 1. The SMILES string of the molecule is CC(N)c1noc(-c2ccc(Cl)cc2)n1.Cl. The molecule has 16 heavy (non-hydrogen) atoms. The molecule has 0 fully saturated rings. The molecule has 86 valence electrons. The number of rotatable bonds is 2. The van der Waals surface area contributed by atoms with Gasteiger partial charge in [-0.3, -0.25) is 0 Å². The van der Waals surface area contributed by atoms with E-state index in [-0.39, 0.29) is 18.4 Å². The van der Waals surface area contributed by atoms with Crippen molar-refractivity contribution in [3.8, 4) is 11.5 Å². The number of hydrogen-bond donors (Lipinski definition) is 1. The minimum absolute atomic E-state index is 0. The minimum atomic E-state index is -0.227. The van der Waals surface area contributed by atoms with Gasteiger partial charge in [-0.1, -0.05) is 16.8 Å². The lowest BCUT2D eigenvalue weighted by Gasteiger charge is -1.94. The second kappa shape index (κ2) is 5.30. The Hall–Kier alpha value is -1.10. The molecule has 0 amide bonds. The van der Waals surface area contributed by atoms with Gasteiger partial charge in [0.05, 0.1) is 6.04 Å². The Morgan fingerprint density at radius 1 is 1.31 bits per heavy atom. The van der Waals surface area contributed by atoms with E-state index in [9.17, 15) is 0 Å². The van der Waals surface area contributed by atoms with E-state index >= 15 is 0 Å². The van der Waals surface area contributed by atoms with Crippen LogP contribution in [0.3, 0.4) is 0 Å². The van der Waals surface area contributed by atoms with Gasteiger partial charge in [0.15, 0.2) is 5.82 Å². The first kappa shape index (κ1) is 13.0. The fourth-order valence-corrected chi connectivity index (χ4v) is 1.26. The molecule has 2 rings (SSSR count). The van der Waals surface area contributed by atoms with E-state index in [2.05, 4.69) is 10.1 Å². The van der Waals surface area contributed by atoms with Crippen LogP contribution in [0.1, 0.15) is 18.8 Å². The lowest BCUT2D eigenvalue weighted by molar-refractivity contribution is 0.418. The van der Waals surface area contributed by atoms with Gasteiger partial charge in [0, 0.05) is 10.6 Å². The Bertz CT molecular complexity index is 453. The molecule has 0 spiro atoms. The van der Waals surface area contributed by atoms with Crippen LogP contribution in [0.25, 0.3) is 11.5 Å². The van der Waals surface area contributed by atoms with E-state index in [1.165, 1.54) is 0 Å². The number of benzene rings is 1. The van der Waals surface area contributed by atoms with Gasteiger partial charge in [-0.05, 0) is 31.2 Å². The molecular weight excluding hydrogens is 249 g/mol. The Kier molecular flexibility index (Phi) is 4.29. The quantitative estimate of drug-likeness (QED) is 0.901. The highest BCUT2D eigenvalue weighted by atomic mass is 35.5. The smallest absolute Gasteiger partial charge is 0.257 e. The molecule has 1 heterocycles. The third-order valence-electron chi connectivity index (χ3n) is 1.94. The lowest BCUT2D eigenvalue weighted by atomic mass is 10.2. The zero-order valence-electron chi connectivity index (χ0n) is 8.55. The van der Waals surface area contributed by atoms with Crippen molar-refractivity contribution in [2.75, 3.05) is 0 Å². The molecule has 0 saturated heterocycles. The summed E-state index contributed by atoms with van der Waals surface area (Å²) in [6.07, 6.45) is 0. The van der Waals surface area contributed by atoms with Gasteiger partial charge in [-0.15, -0.1) is 12.4 Å². The number of nitrogens with zero attached hydrogens (tertiary/aromatic N) is 2. The summed E-state index contributed by atoms with van der Waals surface area (Å²) in [7, 11) is 0. The summed E-state index contributed by atoms with van der Waals surface area (Å²) >= 11 is 5.77. The summed E-state index contributed by atoms with van der Waals surface area (Å²) in [6, 6.07) is 6.95. The first-order chi connectivity index (χ1) is 7.16. The van der Waals surface area contributed by atoms with Crippen LogP contribution in [0, 0.1) is 0 Å². The van der Waals surface area contributed by atoms with Crippen molar-refractivity contribution in [2.45, 2.75) is 13.0 Å². The van der Waals surface area contributed by atoms with Crippen LogP contribution >= 0.6 is 24.0 Å². The lowest BCUT2D eigenvalue weighted by Crippen LogP contribution is -2.06. The summed E-state index contributed by atoms with van der Waals surface area (Å²) in [5, 5.41) is 4.44.